The van der Waals surface area contributed by atoms with Crippen molar-refractivity contribution in [2.45, 2.75) is 45.4 Å². The second kappa shape index (κ2) is 5.74. The Labute approximate surface area is 85.4 Å². The van der Waals surface area contributed by atoms with E-state index in [2.05, 4.69) is 6.92 Å². The van der Waals surface area contributed by atoms with Gasteiger partial charge in [-0.1, -0.05) is 25.8 Å². The first kappa shape index (κ1) is 11.2. The molecule has 1 aliphatic rings. The lowest BCUT2D eigenvalue weighted by Gasteiger charge is -2.05. The van der Waals surface area contributed by atoms with Crippen LogP contribution in [0.25, 0.3) is 0 Å². The van der Waals surface area contributed by atoms with Gasteiger partial charge < -0.3 is 4.79 Å². The van der Waals surface area contributed by atoms with Crippen molar-refractivity contribution in [1.29, 1.82) is 0 Å². The molecule has 0 saturated heterocycles. The SMILES string of the molecule is CCCC/C=C1\C(=O)CC[C@@H]1CC=O. The molecule has 2 heteroatoms. The van der Waals surface area contributed by atoms with Gasteiger partial charge in [-0.3, -0.25) is 4.79 Å². The summed E-state index contributed by atoms with van der Waals surface area (Å²) >= 11 is 0. The van der Waals surface area contributed by atoms with Gasteiger partial charge in [-0.15, -0.1) is 0 Å². The second-order valence-corrected chi connectivity index (χ2v) is 3.86. The maximum atomic E-state index is 11.5. The quantitative estimate of drug-likeness (QED) is 0.383. The first-order valence-corrected chi connectivity index (χ1v) is 5.46. The predicted molar refractivity (Wildman–Crippen MR) is 56.0 cm³/mol. The summed E-state index contributed by atoms with van der Waals surface area (Å²) < 4.78 is 0. The molecule has 0 unspecified atom stereocenters. The highest BCUT2D eigenvalue weighted by molar-refractivity contribution is 5.98. The molecule has 0 radical (unpaired) electrons. The van der Waals surface area contributed by atoms with E-state index < -0.39 is 0 Å². The topological polar surface area (TPSA) is 34.1 Å². The van der Waals surface area contributed by atoms with Crippen LogP contribution < -0.4 is 0 Å². The summed E-state index contributed by atoms with van der Waals surface area (Å²) in [6.45, 7) is 2.14. The third-order valence-corrected chi connectivity index (χ3v) is 2.78. The lowest BCUT2D eigenvalue weighted by atomic mass is 9.98. The summed E-state index contributed by atoms with van der Waals surface area (Å²) in [5.74, 6) is 0.477. The largest absolute Gasteiger partial charge is 0.303 e. The third kappa shape index (κ3) is 2.79. The van der Waals surface area contributed by atoms with Gasteiger partial charge in [-0.25, -0.2) is 0 Å². The number of carbonyl (C=O) groups is 2. The number of ketones is 1. The van der Waals surface area contributed by atoms with Crippen LogP contribution >= 0.6 is 0 Å². The van der Waals surface area contributed by atoms with Crippen molar-refractivity contribution in [2.24, 2.45) is 5.92 Å². The van der Waals surface area contributed by atoms with Crippen LogP contribution in [0, 0.1) is 5.92 Å². The minimum Gasteiger partial charge on any atom is -0.303 e. The van der Waals surface area contributed by atoms with Crippen LogP contribution in [0.4, 0.5) is 0 Å². The van der Waals surface area contributed by atoms with E-state index in [4.69, 9.17) is 0 Å². The molecule has 1 aliphatic carbocycles. The maximum absolute atomic E-state index is 11.5. The number of unbranched alkanes of at least 4 members (excludes halogenated alkanes) is 2. The summed E-state index contributed by atoms with van der Waals surface area (Å²) in [5.41, 5.74) is 0.922. The number of rotatable bonds is 5. The Hall–Kier alpha value is -0.920. The Balaban J connectivity index is 2.56. The van der Waals surface area contributed by atoms with Crippen molar-refractivity contribution in [3.05, 3.63) is 11.6 Å². The number of carbonyl (C=O) groups excluding carboxylic acids is 2. The van der Waals surface area contributed by atoms with E-state index in [9.17, 15) is 9.59 Å². The molecule has 0 amide bonds. The standard InChI is InChI=1S/C12H18O2/c1-2-3-4-5-11-10(8-9-13)6-7-12(11)14/h5,9-10H,2-4,6-8H2,1H3/b11-5-/t10-/m1/s1. The van der Waals surface area contributed by atoms with Crippen LogP contribution in [0.5, 0.6) is 0 Å². The zero-order valence-corrected chi connectivity index (χ0v) is 8.79. The van der Waals surface area contributed by atoms with E-state index in [1.165, 1.54) is 0 Å². The summed E-state index contributed by atoms with van der Waals surface area (Å²) in [4.78, 5) is 21.9. The average Bonchev–Trinajstić information content (AvgIpc) is 2.50. The second-order valence-electron chi connectivity index (χ2n) is 3.86. The van der Waals surface area contributed by atoms with Gasteiger partial charge in [0.1, 0.15) is 6.29 Å². The van der Waals surface area contributed by atoms with Crippen LogP contribution in [0.15, 0.2) is 11.6 Å². The molecule has 0 aromatic carbocycles. The minimum atomic E-state index is 0.219. The van der Waals surface area contributed by atoms with Gasteiger partial charge in [-0.2, -0.15) is 0 Å². The van der Waals surface area contributed by atoms with Crippen molar-refractivity contribution in [3.63, 3.8) is 0 Å². The van der Waals surface area contributed by atoms with Crippen molar-refractivity contribution in [1.82, 2.24) is 0 Å². The van der Waals surface area contributed by atoms with Crippen LogP contribution in [0.1, 0.15) is 45.4 Å². The Bertz CT molecular complexity index is 241. The molecule has 0 N–H and O–H groups in total. The van der Waals surface area contributed by atoms with Gasteiger partial charge in [0.15, 0.2) is 5.78 Å². The van der Waals surface area contributed by atoms with Gasteiger partial charge in [0.2, 0.25) is 0 Å². The van der Waals surface area contributed by atoms with E-state index >= 15 is 0 Å². The molecule has 1 saturated carbocycles. The fraction of sp³-hybridized carbons (Fsp3) is 0.667. The molecule has 14 heavy (non-hydrogen) atoms. The summed E-state index contributed by atoms with van der Waals surface area (Å²) in [7, 11) is 0. The first-order valence-electron chi connectivity index (χ1n) is 5.46. The zero-order chi connectivity index (χ0) is 10.4. The fourth-order valence-corrected chi connectivity index (χ4v) is 1.94. The molecular formula is C12H18O2. The number of Topliss-reactive ketones (excluding diaryl/α,β-unsaturated/α-hetero) is 1. The highest BCUT2D eigenvalue weighted by Gasteiger charge is 2.27. The van der Waals surface area contributed by atoms with Crippen molar-refractivity contribution in [3.8, 4) is 0 Å². The summed E-state index contributed by atoms with van der Waals surface area (Å²) in [5, 5.41) is 0. The van der Waals surface area contributed by atoms with E-state index in [-0.39, 0.29) is 11.7 Å². The Kier molecular flexibility index (Phi) is 4.57. The molecular weight excluding hydrogens is 176 g/mol. The van der Waals surface area contributed by atoms with Gasteiger partial charge in [0.05, 0.1) is 0 Å². The molecule has 0 aliphatic heterocycles. The van der Waals surface area contributed by atoms with Gasteiger partial charge in [-0.05, 0) is 24.3 Å². The fourth-order valence-electron chi connectivity index (χ4n) is 1.94. The van der Waals surface area contributed by atoms with E-state index in [1.807, 2.05) is 6.08 Å². The number of allylic oxidation sites excluding steroid dienone is 2. The Morgan fingerprint density at radius 3 is 2.93 bits per heavy atom. The molecule has 1 rings (SSSR count). The monoisotopic (exact) mass is 194 g/mol. The van der Waals surface area contributed by atoms with Crippen molar-refractivity contribution >= 4 is 12.1 Å². The van der Waals surface area contributed by atoms with Gasteiger partial charge >= 0.3 is 0 Å². The normalized spacial score (nSPS) is 24.5. The molecule has 0 spiro atoms. The first-order chi connectivity index (χ1) is 6.79. The van der Waals surface area contributed by atoms with Crippen LogP contribution in [0.3, 0.4) is 0 Å². The number of aldehydes is 1. The zero-order valence-electron chi connectivity index (χ0n) is 8.79. The highest BCUT2D eigenvalue weighted by atomic mass is 16.1. The van der Waals surface area contributed by atoms with E-state index in [0.717, 1.165) is 37.5 Å². The summed E-state index contributed by atoms with van der Waals surface area (Å²) in [6, 6.07) is 0. The maximum Gasteiger partial charge on any atom is 0.158 e. The molecule has 1 atom stereocenters. The van der Waals surface area contributed by atoms with E-state index in [0.29, 0.717) is 12.8 Å². The minimum absolute atomic E-state index is 0.219. The molecule has 78 valence electrons. The van der Waals surface area contributed by atoms with Crippen LogP contribution in [-0.4, -0.2) is 12.1 Å². The molecule has 1 fully saturated rings. The van der Waals surface area contributed by atoms with E-state index in [1.54, 1.807) is 0 Å². The number of hydrogen-bond acceptors (Lipinski definition) is 2. The van der Waals surface area contributed by atoms with Crippen LogP contribution in [0.2, 0.25) is 0 Å². The average molecular weight is 194 g/mol. The van der Waals surface area contributed by atoms with Crippen LogP contribution in [-0.2, 0) is 9.59 Å². The van der Waals surface area contributed by atoms with Gasteiger partial charge in [0, 0.05) is 12.8 Å². The molecule has 0 bridgehead atoms. The summed E-state index contributed by atoms with van der Waals surface area (Å²) in [6.07, 6.45) is 8.26. The predicted octanol–water partition coefficient (Wildman–Crippen LogP) is 2.67. The molecule has 0 aromatic heterocycles. The Morgan fingerprint density at radius 1 is 1.50 bits per heavy atom. The third-order valence-electron chi connectivity index (χ3n) is 2.78. The number of hydrogen-bond donors (Lipinski definition) is 0. The Morgan fingerprint density at radius 2 is 2.29 bits per heavy atom. The van der Waals surface area contributed by atoms with Crippen molar-refractivity contribution in [2.75, 3.05) is 0 Å². The lowest BCUT2D eigenvalue weighted by Crippen LogP contribution is -2.02. The molecule has 2 nitrogen and oxygen atoms in total. The smallest absolute Gasteiger partial charge is 0.158 e. The molecule has 0 aromatic rings. The van der Waals surface area contributed by atoms with Gasteiger partial charge in [0.25, 0.3) is 0 Å². The highest BCUT2D eigenvalue weighted by Crippen LogP contribution is 2.30. The molecule has 0 heterocycles. The lowest BCUT2D eigenvalue weighted by molar-refractivity contribution is -0.114. The van der Waals surface area contributed by atoms with Crippen molar-refractivity contribution < 1.29 is 9.59 Å².